The SMILES string of the molecule is C=C(C)CC(OCCC)OC(CC(=C)C)OCCC. The van der Waals surface area contributed by atoms with Crippen LogP contribution < -0.4 is 0 Å². The molecule has 0 aliphatic heterocycles. The van der Waals surface area contributed by atoms with E-state index in [4.69, 9.17) is 14.2 Å². The van der Waals surface area contributed by atoms with Crippen LogP contribution in [0.25, 0.3) is 0 Å². The maximum atomic E-state index is 5.91. The Morgan fingerprint density at radius 2 is 1.21 bits per heavy atom. The Bertz CT molecular complexity index is 235. The lowest BCUT2D eigenvalue weighted by atomic mass is 10.2. The zero-order valence-electron chi connectivity index (χ0n) is 13.0. The molecule has 0 spiro atoms. The first-order valence-electron chi connectivity index (χ1n) is 7.17. The van der Waals surface area contributed by atoms with Crippen molar-refractivity contribution in [1.82, 2.24) is 0 Å². The molecule has 0 aliphatic carbocycles. The third kappa shape index (κ3) is 10.9. The lowest BCUT2D eigenvalue weighted by Gasteiger charge is -2.25. The third-order valence-corrected chi connectivity index (χ3v) is 2.35. The number of rotatable bonds is 12. The summed E-state index contributed by atoms with van der Waals surface area (Å²) in [6.45, 7) is 17.3. The number of hydrogen-bond donors (Lipinski definition) is 0. The second kappa shape index (κ2) is 11.2. The van der Waals surface area contributed by atoms with Gasteiger partial charge in [-0.3, -0.25) is 0 Å². The van der Waals surface area contributed by atoms with Crippen LogP contribution in [0.4, 0.5) is 0 Å². The molecule has 0 saturated carbocycles. The van der Waals surface area contributed by atoms with Crippen molar-refractivity contribution in [3.63, 3.8) is 0 Å². The molecule has 112 valence electrons. The minimum absolute atomic E-state index is 0.279. The lowest BCUT2D eigenvalue weighted by Crippen LogP contribution is -2.28. The molecule has 0 bridgehead atoms. The quantitative estimate of drug-likeness (QED) is 0.387. The normalized spacial score (nSPS) is 14.1. The summed E-state index contributed by atoms with van der Waals surface area (Å²) in [4.78, 5) is 0. The largest absolute Gasteiger partial charge is 0.352 e. The monoisotopic (exact) mass is 270 g/mol. The first kappa shape index (κ1) is 18.4. The predicted molar refractivity (Wildman–Crippen MR) is 80.0 cm³/mol. The third-order valence-electron chi connectivity index (χ3n) is 2.35. The molecule has 3 heteroatoms. The Morgan fingerprint density at radius 3 is 1.47 bits per heavy atom. The zero-order chi connectivity index (χ0) is 14.7. The fourth-order valence-corrected chi connectivity index (χ4v) is 1.53. The van der Waals surface area contributed by atoms with Crippen molar-refractivity contribution in [3.05, 3.63) is 24.3 Å². The Balaban J connectivity index is 4.41. The topological polar surface area (TPSA) is 27.7 Å². The zero-order valence-corrected chi connectivity index (χ0v) is 13.0. The molecule has 2 unspecified atom stereocenters. The summed E-state index contributed by atoms with van der Waals surface area (Å²) in [5.74, 6) is 0. The molecular formula is C16H30O3. The van der Waals surface area contributed by atoms with Crippen LogP contribution >= 0.6 is 0 Å². The van der Waals surface area contributed by atoms with Gasteiger partial charge in [-0.15, -0.1) is 0 Å². The Labute approximate surface area is 118 Å². The highest BCUT2D eigenvalue weighted by Crippen LogP contribution is 2.16. The van der Waals surface area contributed by atoms with Crippen LogP contribution in [0.3, 0.4) is 0 Å². The molecule has 0 aromatic carbocycles. The molecule has 0 fully saturated rings. The van der Waals surface area contributed by atoms with Gasteiger partial charge in [0.2, 0.25) is 0 Å². The predicted octanol–water partition coefficient (Wildman–Crippen LogP) is 4.44. The van der Waals surface area contributed by atoms with Crippen LogP contribution in [0.15, 0.2) is 24.3 Å². The minimum atomic E-state index is -0.279. The van der Waals surface area contributed by atoms with Crippen LogP contribution in [-0.4, -0.2) is 25.8 Å². The second-order valence-electron chi connectivity index (χ2n) is 5.06. The highest BCUT2D eigenvalue weighted by atomic mass is 16.8. The minimum Gasteiger partial charge on any atom is -0.352 e. The van der Waals surface area contributed by atoms with Gasteiger partial charge in [-0.25, -0.2) is 0 Å². The highest BCUT2D eigenvalue weighted by molar-refractivity contribution is 4.91. The molecular weight excluding hydrogens is 240 g/mol. The van der Waals surface area contributed by atoms with E-state index in [1.165, 1.54) is 0 Å². The van der Waals surface area contributed by atoms with E-state index in [-0.39, 0.29) is 12.6 Å². The van der Waals surface area contributed by atoms with Gasteiger partial charge in [-0.05, 0) is 26.7 Å². The van der Waals surface area contributed by atoms with E-state index in [9.17, 15) is 0 Å². The molecule has 0 rings (SSSR count). The van der Waals surface area contributed by atoms with Gasteiger partial charge in [0.15, 0.2) is 12.6 Å². The van der Waals surface area contributed by atoms with E-state index >= 15 is 0 Å². The summed E-state index contributed by atoms with van der Waals surface area (Å²) in [7, 11) is 0. The summed E-state index contributed by atoms with van der Waals surface area (Å²) in [6, 6.07) is 0. The standard InChI is InChI=1S/C16H30O3/c1-7-9-17-15(11-13(3)4)19-16(12-14(5)6)18-10-8-2/h15-16H,3,5,7-12H2,1-2,4,6H3. The van der Waals surface area contributed by atoms with E-state index in [1.807, 2.05) is 13.8 Å². The molecule has 0 N–H and O–H groups in total. The van der Waals surface area contributed by atoms with Crippen LogP contribution in [-0.2, 0) is 14.2 Å². The molecule has 2 atom stereocenters. The molecule has 0 amide bonds. The molecule has 0 aliphatic rings. The summed E-state index contributed by atoms with van der Waals surface area (Å²) in [6.07, 6.45) is 2.77. The lowest BCUT2D eigenvalue weighted by molar-refractivity contribution is -0.243. The van der Waals surface area contributed by atoms with Crippen molar-refractivity contribution in [3.8, 4) is 0 Å². The van der Waals surface area contributed by atoms with Crippen molar-refractivity contribution in [2.24, 2.45) is 0 Å². The Hall–Kier alpha value is -0.640. The van der Waals surface area contributed by atoms with Gasteiger partial charge in [0.1, 0.15) is 0 Å². The molecule has 3 nitrogen and oxygen atoms in total. The summed E-state index contributed by atoms with van der Waals surface area (Å²) < 4.78 is 17.3. The maximum absolute atomic E-state index is 5.91. The van der Waals surface area contributed by atoms with Crippen LogP contribution in [0.1, 0.15) is 53.4 Å². The summed E-state index contributed by atoms with van der Waals surface area (Å²) in [5.41, 5.74) is 2.09. The van der Waals surface area contributed by atoms with E-state index in [0.717, 1.165) is 24.0 Å². The first-order chi connectivity index (χ1) is 8.99. The van der Waals surface area contributed by atoms with E-state index < -0.39 is 0 Å². The smallest absolute Gasteiger partial charge is 0.164 e. The van der Waals surface area contributed by atoms with Crippen molar-refractivity contribution < 1.29 is 14.2 Å². The first-order valence-corrected chi connectivity index (χ1v) is 7.17. The summed E-state index contributed by atoms with van der Waals surface area (Å²) in [5, 5.41) is 0. The number of ether oxygens (including phenoxy) is 3. The average molecular weight is 270 g/mol. The molecule has 0 aromatic rings. The summed E-state index contributed by atoms with van der Waals surface area (Å²) >= 11 is 0. The van der Waals surface area contributed by atoms with Crippen molar-refractivity contribution in [2.75, 3.05) is 13.2 Å². The van der Waals surface area contributed by atoms with E-state index in [2.05, 4.69) is 27.0 Å². The molecule has 0 heterocycles. The van der Waals surface area contributed by atoms with Gasteiger partial charge in [0.05, 0.1) is 0 Å². The molecule has 0 saturated heterocycles. The van der Waals surface area contributed by atoms with Crippen molar-refractivity contribution in [2.45, 2.75) is 66.0 Å². The Morgan fingerprint density at radius 1 is 0.842 bits per heavy atom. The van der Waals surface area contributed by atoms with E-state index in [1.54, 1.807) is 0 Å². The van der Waals surface area contributed by atoms with Gasteiger partial charge in [0.25, 0.3) is 0 Å². The van der Waals surface area contributed by atoms with Crippen LogP contribution in [0, 0.1) is 0 Å². The highest BCUT2D eigenvalue weighted by Gasteiger charge is 2.18. The fraction of sp³-hybridized carbons (Fsp3) is 0.750. The average Bonchev–Trinajstić information content (AvgIpc) is 2.31. The van der Waals surface area contributed by atoms with Gasteiger partial charge >= 0.3 is 0 Å². The van der Waals surface area contributed by atoms with Crippen molar-refractivity contribution in [1.29, 1.82) is 0 Å². The van der Waals surface area contributed by atoms with Crippen LogP contribution in [0.5, 0.6) is 0 Å². The van der Waals surface area contributed by atoms with Gasteiger partial charge in [-0.2, -0.15) is 0 Å². The fourth-order valence-electron chi connectivity index (χ4n) is 1.53. The molecule has 0 radical (unpaired) electrons. The van der Waals surface area contributed by atoms with E-state index in [0.29, 0.717) is 26.1 Å². The van der Waals surface area contributed by atoms with Gasteiger partial charge < -0.3 is 14.2 Å². The number of hydrogen-bond acceptors (Lipinski definition) is 3. The van der Waals surface area contributed by atoms with Gasteiger partial charge in [-0.1, -0.05) is 38.2 Å². The maximum Gasteiger partial charge on any atom is 0.164 e. The van der Waals surface area contributed by atoms with Gasteiger partial charge in [0, 0.05) is 26.1 Å². The molecule has 19 heavy (non-hydrogen) atoms. The second-order valence-corrected chi connectivity index (χ2v) is 5.06. The Kier molecular flexibility index (Phi) is 10.8. The molecule has 0 aromatic heterocycles. The van der Waals surface area contributed by atoms with Crippen LogP contribution in [0.2, 0.25) is 0 Å². The van der Waals surface area contributed by atoms with Crippen molar-refractivity contribution >= 4 is 0 Å².